The van der Waals surface area contributed by atoms with E-state index in [-0.39, 0.29) is 11.9 Å². The highest BCUT2D eigenvalue weighted by atomic mass is 16.2. The monoisotopic (exact) mass is 195 g/mol. The van der Waals surface area contributed by atoms with Gasteiger partial charge in [0.05, 0.1) is 6.04 Å². The summed E-state index contributed by atoms with van der Waals surface area (Å²) >= 11 is 0. The van der Waals surface area contributed by atoms with Crippen LogP contribution in [0.4, 0.5) is 0 Å². The number of aldehydes is 1. The lowest BCUT2D eigenvalue weighted by molar-refractivity contribution is -0.145. The molecule has 0 radical (unpaired) electrons. The van der Waals surface area contributed by atoms with Crippen molar-refractivity contribution in [1.82, 2.24) is 4.90 Å². The molecule has 2 aliphatic heterocycles. The Morgan fingerprint density at radius 3 is 2.93 bits per heavy atom. The van der Waals surface area contributed by atoms with Crippen LogP contribution in [0.3, 0.4) is 0 Å². The van der Waals surface area contributed by atoms with E-state index in [1.807, 2.05) is 4.90 Å². The molecule has 3 nitrogen and oxygen atoms in total. The summed E-state index contributed by atoms with van der Waals surface area (Å²) in [5.41, 5.74) is 0. The summed E-state index contributed by atoms with van der Waals surface area (Å²) in [6.07, 6.45) is 5.60. The van der Waals surface area contributed by atoms with Gasteiger partial charge < -0.3 is 9.69 Å². The van der Waals surface area contributed by atoms with Crippen molar-refractivity contribution in [3.05, 3.63) is 0 Å². The fourth-order valence-corrected chi connectivity index (χ4v) is 2.86. The third kappa shape index (κ3) is 1.56. The van der Waals surface area contributed by atoms with Gasteiger partial charge in [-0.25, -0.2) is 0 Å². The van der Waals surface area contributed by atoms with Gasteiger partial charge >= 0.3 is 0 Å². The lowest BCUT2D eigenvalue weighted by Gasteiger charge is -2.45. The summed E-state index contributed by atoms with van der Waals surface area (Å²) in [5.74, 6) is 0.766. The lowest BCUT2D eigenvalue weighted by atomic mass is 9.83. The molecule has 2 saturated heterocycles. The van der Waals surface area contributed by atoms with E-state index in [0.29, 0.717) is 18.4 Å². The first-order valence-corrected chi connectivity index (χ1v) is 5.49. The van der Waals surface area contributed by atoms with Gasteiger partial charge in [-0.15, -0.1) is 0 Å². The quantitative estimate of drug-likeness (QED) is 0.592. The molecule has 3 heteroatoms. The SMILES string of the molecule is C[C@H]1CC2CCCC(=O)N2[C@H](C=O)C1. The smallest absolute Gasteiger partial charge is 0.223 e. The molecule has 0 aromatic carbocycles. The van der Waals surface area contributed by atoms with E-state index in [1.165, 1.54) is 0 Å². The molecule has 0 aromatic heterocycles. The van der Waals surface area contributed by atoms with Gasteiger partial charge in [0, 0.05) is 12.5 Å². The Hall–Kier alpha value is -0.860. The van der Waals surface area contributed by atoms with Crippen LogP contribution in [0.2, 0.25) is 0 Å². The van der Waals surface area contributed by atoms with Crippen LogP contribution in [0.15, 0.2) is 0 Å². The maximum absolute atomic E-state index is 11.7. The molecule has 0 saturated carbocycles. The summed E-state index contributed by atoms with van der Waals surface area (Å²) < 4.78 is 0. The molecular weight excluding hydrogens is 178 g/mol. The molecule has 0 N–H and O–H groups in total. The summed E-state index contributed by atoms with van der Waals surface area (Å²) in [5, 5.41) is 0. The van der Waals surface area contributed by atoms with E-state index in [0.717, 1.165) is 32.0 Å². The predicted molar refractivity (Wildman–Crippen MR) is 52.7 cm³/mol. The normalized spacial score (nSPS) is 37.9. The van der Waals surface area contributed by atoms with Crippen LogP contribution in [0.25, 0.3) is 0 Å². The molecular formula is C11H17NO2. The van der Waals surface area contributed by atoms with E-state index in [9.17, 15) is 9.59 Å². The molecule has 2 aliphatic rings. The van der Waals surface area contributed by atoms with Gasteiger partial charge in [0.15, 0.2) is 0 Å². The van der Waals surface area contributed by atoms with Gasteiger partial charge in [-0.1, -0.05) is 6.92 Å². The zero-order valence-corrected chi connectivity index (χ0v) is 8.61. The first-order valence-electron chi connectivity index (χ1n) is 5.49. The van der Waals surface area contributed by atoms with Gasteiger partial charge in [0.1, 0.15) is 6.29 Å². The topological polar surface area (TPSA) is 37.4 Å². The minimum Gasteiger partial charge on any atom is -0.330 e. The van der Waals surface area contributed by atoms with Crippen LogP contribution in [-0.2, 0) is 9.59 Å². The van der Waals surface area contributed by atoms with Crippen LogP contribution in [0.5, 0.6) is 0 Å². The van der Waals surface area contributed by atoms with Crippen molar-refractivity contribution >= 4 is 12.2 Å². The number of fused-ring (bicyclic) bond motifs is 1. The third-order valence-corrected chi connectivity index (χ3v) is 3.44. The first-order chi connectivity index (χ1) is 6.72. The van der Waals surface area contributed by atoms with Gasteiger partial charge in [0.2, 0.25) is 5.91 Å². The second kappa shape index (κ2) is 3.71. The lowest BCUT2D eigenvalue weighted by Crippen LogP contribution is -2.54. The standard InChI is InChI=1S/C11H17NO2/c1-8-5-9-3-2-4-11(14)12(9)10(6-8)7-13/h7-10H,2-6H2,1H3/t8-,9?,10-/m0/s1. The molecule has 2 heterocycles. The Morgan fingerprint density at radius 1 is 1.43 bits per heavy atom. The van der Waals surface area contributed by atoms with Crippen LogP contribution in [0, 0.1) is 5.92 Å². The summed E-state index contributed by atoms with van der Waals surface area (Å²) in [7, 11) is 0. The zero-order chi connectivity index (χ0) is 10.1. The minimum absolute atomic E-state index is 0.142. The molecule has 78 valence electrons. The van der Waals surface area contributed by atoms with Crippen LogP contribution in [-0.4, -0.2) is 29.2 Å². The molecule has 2 rings (SSSR count). The number of nitrogens with zero attached hydrogens (tertiary/aromatic N) is 1. The van der Waals surface area contributed by atoms with Gasteiger partial charge in [0.25, 0.3) is 0 Å². The van der Waals surface area contributed by atoms with Gasteiger partial charge in [-0.2, -0.15) is 0 Å². The van der Waals surface area contributed by atoms with Crippen molar-refractivity contribution in [3.63, 3.8) is 0 Å². The molecule has 1 unspecified atom stereocenters. The predicted octanol–water partition coefficient (Wildman–Crippen LogP) is 1.36. The zero-order valence-electron chi connectivity index (χ0n) is 8.61. The first kappa shape index (κ1) is 9.69. The average Bonchev–Trinajstić information content (AvgIpc) is 2.16. The molecule has 0 aromatic rings. The average molecular weight is 195 g/mol. The van der Waals surface area contributed by atoms with Crippen molar-refractivity contribution in [2.75, 3.05) is 0 Å². The second-order valence-corrected chi connectivity index (χ2v) is 4.63. The minimum atomic E-state index is -0.142. The van der Waals surface area contributed by atoms with E-state index in [4.69, 9.17) is 0 Å². The van der Waals surface area contributed by atoms with Gasteiger partial charge in [-0.05, 0) is 31.6 Å². The number of piperidine rings is 2. The Bertz CT molecular complexity index is 252. The van der Waals surface area contributed by atoms with E-state index in [2.05, 4.69) is 6.92 Å². The Morgan fingerprint density at radius 2 is 2.21 bits per heavy atom. The number of amides is 1. The van der Waals surface area contributed by atoms with E-state index >= 15 is 0 Å². The van der Waals surface area contributed by atoms with E-state index in [1.54, 1.807) is 0 Å². The fraction of sp³-hybridized carbons (Fsp3) is 0.818. The summed E-state index contributed by atoms with van der Waals surface area (Å²) in [6, 6.07) is 0.201. The molecule has 3 atom stereocenters. The second-order valence-electron chi connectivity index (χ2n) is 4.63. The van der Waals surface area contributed by atoms with Crippen LogP contribution < -0.4 is 0 Å². The van der Waals surface area contributed by atoms with Gasteiger partial charge in [-0.3, -0.25) is 4.79 Å². The largest absolute Gasteiger partial charge is 0.330 e. The van der Waals surface area contributed by atoms with Crippen LogP contribution >= 0.6 is 0 Å². The van der Waals surface area contributed by atoms with Crippen molar-refractivity contribution in [3.8, 4) is 0 Å². The number of carbonyl (C=O) groups is 2. The fourth-order valence-electron chi connectivity index (χ4n) is 2.86. The maximum atomic E-state index is 11.7. The molecule has 2 fully saturated rings. The number of hydrogen-bond acceptors (Lipinski definition) is 2. The maximum Gasteiger partial charge on any atom is 0.223 e. The Kier molecular flexibility index (Phi) is 2.57. The molecule has 14 heavy (non-hydrogen) atoms. The summed E-state index contributed by atoms with van der Waals surface area (Å²) in [6.45, 7) is 2.17. The van der Waals surface area contributed by atoms with Crippen molar-refractivity contribution in [2.45, 2.75) is 51.1 Å². The molecule has 0 bridgehead atoms. The highest BCUT2D eigenvalue weighted by Crippen LogP contribution is 2.33. The highest BCUT2D eigenvalue weighted by molar-refractivity contribution is 5.81. The summed E-state index contributed by atoms with van der Waals surface area (Å²) in [4.78, 5) is 24.4. The number of carbonyl (C=O) groups excluding carboxylic acids is 2. The third-order valence-electron chi connectivity index (χ3n) is 3.44. The van der Waals surface area contributed by atoms with Crippen molar-refractivity contribution < 1.29 is 9.59 Å². The van der Waals surface area contributed by atoms with Crippen molar-refractivity contribution in [2.24, 2.45) is 5.92 Å². The Balaban J connectivity index is 2.17. The number of hydrogen-bond donors (Lipinski definition) is 0. The molecule has 0 spiro atoms. The number of rotatable bonds is 1. The molecule has 0 aliphatic carbocycles. The molecule has 1 amide bonds. The highest BCUT2D eigenvalue weighted by Gasteiger charge is 2.38. The van der Waals surface area contributed by atoms with Crippen LogP contribution in [0.1, 0.15) is 39.0 Å². The Labute approximate surface area is 84.5 Å². The van der Waals surface area contributed by atoms with E-state index < -0.39 is 0 Å². The van der Waals surface area contributed by atoms with Crippen molar-refractivity contribution in [1.29, 1.82) is 0 Å².